The second kappa shape index (κ2) is 18.0. The fourth-order valence-electron chi connectivity index (χ4n) is 4.61. The molecule has 0 unspecified atom stereocenters. The Hall–Kier alpha value is -0.430. The molecule has 0 amide bonds. The average Bonchev–Trinajstić information content (AvgIpc) is 2.68. The molecule has 0 saturated carbocycles. The Kier molecular flexibility index (Phi) is 17.8. The van der Waals surface area contributed by atoms with Crippen LogP contribution in [0.5, 0.6) is 0 Å². The Morgan fingerprint density at radius 1 is 0.806 bits per heavy atom. The van der Waals surface area contributed by atoms with E-state index in [1.807, 2.05) is 5.57 Å². The lowest BCUT2D eigenvalue weighted by Crippen LogP contribution is -2.47. The summed E-state index contributed by atoms with van der Waals surface area (Å²) in [6.45, 7) is 11.2. The van der Waals surface area contributed by atoms with Gasteiger partial charge in [-0.25, -0.2) is 8.42 Å². The van der Waals surface area contributed by atoms with Gasteiger partial charge in [-0.15, -0.1) is 0 Å². The molecule has 0 aromatic carbocycles. The number of allylic oxidation sites excluding steroid dienone is 1. The van der Waals surface area contributed by atoms with Gasteiger partial charge in [0.1, 0.15) is 6.54 Å². The summed E-state index contributed by atoms with van der Waals surface area (Å²) in [6.07, 6.45) is 22.7. The molecule has 31 heavy (non-hydrogen) atoms. The molecule has 1 aliphatic rings. The lowest BCUT2D eigenvalue weighted by atomic mass is 9.91. The van der Waals surface area contributed by atoms with Crippen LogP contribution in [0.2, 0.25) is 0 Å². The lowest BCUT2D eigenvalue weighted by molar-refractivity contribution is -0.905. The van der Waals surface area contributed by atoms with E-state index < -0.39 is 10.4 Å². The second-order valence-corrected chi connectivity index (χ2v) is 10.6. The van der Waals surface area contributed by atoms with Crippen LogP contribution in [0.1, 0.15) is 124 Å². The summed E-state index contributed by atoms with van der Waals surface area (Å²) >= 11 is 0. The van der Waals surface area contributed by atoms with Crippen molar-refractivity contribution in [2.75, 3.05) is 26.7 Å². The van der Waals surface area contributed by atoms with E-state index in [0.29, 0.717) is 0 Å². The van der Waals surface area contributed by atoms with Crippen LogP contribution in [0.3, 0.4) is 0 Å². The van der Waals surface area contributed by atoms with Crippen molar-refractivity contribution in [1.29, 1.82) is 0 Å². The minimum Gasteiger partial charge on any atom is -0.726 e. The van der Waals surface area contributed by atoms with E-state index >= 15 is 0 Å². The Labute approximate surface area is 193 Å². The van der Waals surface area contributed by atoms with Crippen LogP contribution >= 0.6 is 0 Å². The van der Waals surface area contributed by atoms with Crippen LogP contribution in [0.4, 0.5) is 0 Å². The number of quaternary nitrogens is 1. The molecule has 6 heteroatoms. The first-order valence-corrected chi connectivity index (χ1v) is 14.2. The number of unbranched alkanes of at least 4 members (excludes halogenated alkanes) is 10. The number of nitrogens with zero attached hydrogens (tertiary/aromatic N) is 1. The standard InChI is InChI=1S/C25H50N.H2O4S/c1-5-7-9-11-13-17-21-26(4,22-18-14-12-10-8-6-2)23-25-20-16-15-19-24(25)3;1-5(2,3)4/h5-23H2,1-4H3;(H2,1,2,3,4)/q+1;/p-1. The maximum Gasteiger partial charge on any atom is 0.215 e. The molecule has 0 heterocycles. The van der Waals surface area contributed by atoms with Gasteiger partial charge in [-0.05, 0) is 63.9 Å². The van der Waals surface area contributed by atoms with E-state index in [2.05, 4.69) is 27.8 Å². The maximum atomic E-state index is 8.63. The van der Waals surface area contributed by atoms with Crippen molar-refractivity contribution in [1.82, 2.24) is 0 Å². The van der Waals surface area contributed by atoms with Crippen molar-refractivity contribution >= 4 is 10.4 Å². The third-order valence-electron chi connectivity index (χ3n) is 6.56. The molecule has 0 bridgehead atoms. The predicted molar refractivity (Wildman–Crippen MR) is 131 cm³/mol. The molecular formula is C25H51NO4S. The van der Waals surface area contributed by atoms with Gasteiger partial charge in [0.05, 0.1) is 20.1 Å². The Balaban J connectivity index is 0.00000161. The number of hydrogen-bond acceptors (Lipinski definition) is 3. The maximum absolute atomic E-state index is 8.63. The van der Waals surface area contributed by atoms with Gasteiger partial charge >= 0.3 is 0 Å². The third-order valence-corrected chi connectivity index (χ3v) is 6.56. The van der Waals surface area contributed by atoms with Crippen molar-refractivity contribution in [3.63, 3.8) is 0 Å². The number of likely N-dealkylation sites (N-methyl/N-ethyl adjacent to an activating group) is 1. The zero-order valence-electron chi connectivity index (χ0n) is 21.0. The molecule has 1 rings (SSSR count). The highest BCUT2D eigenvalue weighted by atomic mass is 32.3. The van der Waals surface area contributed by atoms with Gasteiger partial charge in [0.15, 0.2) is 0 Å². The van der Waals surface area contributed by atoms with E-state index in [4.69, 9.17) is 17.5 Å². The summed E-state index contributed by atoms with van der Waals surface area (Å²) in [5, 5.41) is 0. The highest BCUT2D eigenvalue weighted by molar-refractivity contribution is 7.79. The Morgan fingerprint density at radius 2 is 1.19 bits per heavy atom. The summed E-state index contributed by atoms with van der Waals surface area (Å²) in [5.74, 6) is 0. The summed E-state index contributed by atoms with van der Waals surface area (Å²) < 4.78 is 34.1. The smallest absolute Gasteiger partial charge is 0.215 e. The zero-order valence-corrected chi connectivity index (χ0v) is 21.8. The van der Waals surface area contributed by atoms with Crippen LogP contribution < -0.4 is 0 Å². The van der Waals surface area contributed by atoms with Crippen LogP contribution in [-0.4, -0.2) is 48.7 Å². The van der Waals surface area contributed by atoms with Crippen molar-refractivity contribution in [3.05, 3.63) is 11.1 Å². The van der Waals surface area contributed by atoms with Gasteiger partial charge in [0, 0.05) is 0 Å². The van der Waals surface area contributed by atoms with Gasteiger partial charge in [0.25, 0.3) is 0 Å². The lowest BCUT2D eigenvalue weighted by Gasteiger charge is -2.37. The highest BCUT2D eigenvalue weighted by Gasteiger charge is 2.24. The van der Waals surface area contributed by atoms with E-state index in [-0.39, 0.29) is 0 Å². The van der Waals surface area contributed by atoms with E-state index in [9.17, 15) is 0 Å². The van der Waals surface area contributed by atoms with Crippen LogP contribution in [0.25, 0.3) is 0 Å². The first-order chi connectivity index (χ1) is 14.6. The fourth-order valence-corrected chi connectivity index (χ4v) is 4.61. The Morgan fingerprint density at radius 3 is 1.61 bits per heavy atom. The van der Waals surface area contributed by atoms with Crippen LogP contribution in [-0.2, 0) is 10.4 Å². The fraction of sp³-hybridized carbons (Fsp3) is 0.920. The zero-order chi connectivity index (χ0) is 23.6. The quantitative estimate of drug-likeness (QED) is 0.0878. The van der Waals surface area contributed by atoms with Gasteiger partial charge < -0.3 is 9.04 Å². The first kappa shape index (κ1) is 30.6. The molecule has 0 aromatic heterocycles. The topological polar surface area (TPSA) is 77.4 Å². The molecule has 0 atom stereocenters. The van der Waals surface area contributed by atoms with E-state index in [1.54, 1.807) is 5.57 Å². The number of rotatable bonds is 16. The van der Waals surface area contributed by atoms with Crippen LogP contribution in [0.15, 0.2) is 11.1 Å². The van der Waals surface area contributed by atoms with Gasteiger partial charge in [-0.2, -0.15) is 0 Å². The predicted octanol–water partition coefficient (Wildman–Crippen LogP) is 7.05. The molecule has 0 saturated heterocycles. The molecule has 0 aromatic rings. The van der Waals surface area contributed by atoms with Crippen LogP contribution in [0, 0.1) is 0 Å². The highest BCUT2D eigenvalue weighted by Crippen LogP contribution is 2.27. The number of hydrogen-bond donors (Lipinski definition) is 1. The Bertz CT molecular complexity index is 548. The normalized spacial score (nSPS) is 15.0. The first-order valence-electron chi connectivity index (χ1n) is 12.8. The summed E-state index contributed by atoms with van der Waals surface area (Å²) in [5.41, 5.74) is 3.54. The van der Waals surface area contributed by atoms with Gasteiger partial charge in [-0.1, -0.05) is 70.8 Å². The van der Waals surface area contributed by atoms with Crippen molar-refractivity contribution < 1.29 is 22.0 Å². The molecule has 5 nitrogen and oxygen atoms in total. The largest absolute Gasteiger partial charge is 0.726 e. The molecular weight excluding hydrogens is 410 g/mol. The third kappa shape index (κ3) is 19.9. The summed E-state index contributed by atoms with van der Waals surface area (Å²) in [6, 6.07) is 0. The molecule has 0 spiro atoms. The molecule has 1 aliphatic carbocycles. The van der Waals surface area contributed by atoms with E-state index in [1.165, 1.54) is 127 Å². The minimum absolute atomic E-state index is 1.31. The van der Waals surface area contributed by atoms with Crippen molar-refractivity contribution in [3.8, 4) is 0 Å². The second-order valence-electron chi connectivity index (χ2n) is 9.78. The minimum atomic E-state index is -4.92. The van der Waals surface area contributed by atoms with E-state index in [0.717, 1.165) is 0 Å². The molecule has 0 aliphatic heterocycles. The SMILES string of the molecule is CCCCCCCC[N+](C)(CCCCCCCC)CC1=C(C)CCCC1.O=S(=O)([O-])O. The molecule has 0 fully saturated rings. The van der Waals surface area contributed by atoms with Crippen molar-refractivity contribution in [2.45, 2.75) is 124 Å². The van der Waals surface area contributed by atoms with Crippen molar-refractivity contribution in [2.24, 2.45) is 0 Å². The molecule has 1 N–H and O–H groups in total. The summed E-state index contributed by atoms with van der Waals surface area (Å²) in [7, 11) is -2.35. The average molecular weight is 462 g/mol. The molecule has 0 radical (unpaired) electrons. The summed E-state index contributed by atoms with van der Waals surface area (Å²) in [4.78, 5) is 0. The van der Waals surface area contributed by atoms with Gasteiger partial charge in [-0.3, -0.25) is 4.55 Å². The molecule has 186 valence electrons. The monoisotopic (exact) mass is 461 g/mol. The van der Waals surface area contributed by atoms with Gasteiger partial charge in [0.2, 0.25) is 10.4 Å².